The van der Waals surface area contributed by atoms with Crippen molar-refractivity contribution in [1.29, 1.82) is 0 Å². The maximum atomic E-state index is 9.21. The number of pyridine rings is 1. The third-order valence-electron chi connectivity index (χ3n) is 3.45. The van der Waals surface area contributed by atoms with Crippen LogP contribution in [0.1, 0.15) is 31.2 Å². The Labute approximate surface area is 102 Å². The van der Waals surface area contributed by atoms with Gasteiger partial charge in [-0.05, 0) is 31.4 Å². The number of hydrogen-bond donors (Lipinski definition) is 2. The summed E-state index contributed by atoms with van der Waals surface area (Å²) in [6, 6.07) is 2.47. The highest BCUT2D eigenvalue weighted by Crippen LogP contribution is 2.29. The second kappa shape index (κ2) is 5.36. The molecule has 0 atom stereocenters. The highest BCUT2D eigenvalue weighted by Gasteiger charge is 2.24. The lowest BCUT2D eigenvalue weighted by molar-refractivity contribution is 0.296. The summed E-state index contributed by atoms with van der Waals surface area (Å²) >= 11 is 0. The Morgan fingerprint density at radius 1 is 1.47 bits per heavy atom. The fourth-order valence-electron chi connectivity index (χ4n) is 2.68. The first-order valence-electron chi connectivity index (χ1n) is 6.32. The number of anilines is 2. The van der Waals surface area contributed by atoms with Crippen LogP contribution in [0.2, 0.25) is 0 Å². The molecule has 1 aliphatic rings. The highest BCUT2D eigenvalue weighted by atomic mass is 16.3. The lowest BCUT2D eigenvalue weighted by Gasteiger charge is -2.30. The Bertz CT molecular complexity index is 375. The number of hydrogen-bond acceptors (Lipinski definition) is 4. The highest BCUT2D eigenvalue weighted by molar-refractivity contribution is 5.53. The van der Waals surface area contributed by atoms with Gasteiger partial charge in [0.1, 0.15) is 5.82 Å². The molecular weight excluding hydrogens is 214 g/mol. The molecule has 3 N–H and O–H groups in total. The first kappa shape index (κ1) is 12.2. The van der Waals surface area contributed by atoms with E-state index in [1.165, 1.54) is 25.7 Å². The summed E-state index contributed by atoms with van der Waals surface area (Å²) in [4.78, 5) is 6.67. The van der Waals surface area contributed by atoms with Gasteiger partial charge in [0.15, 0.2) is 0 Å². The Morgan fingerprint density at radius 2 is 2.18 bits per heavy atom. The van der Waals surface area contributed by atoms with Crippen molar-refractivity contribution in [2.24, 2.45) is 0 Å². The van der Waals surface area contributed by atoms with Crippen LogP contribution in [-0.2, 0) is 0 Å². The molecular formula is C13H21N3O. The third-order valence-corrected chi connectivity index (χ3v) is 3.45. The minimum absolute atomic E-state index is 0.169. The second-order valence-corrected chi connectivity index (χ2v) is 4.76. The molecule has 1 saturated carbocycles. The topological polar surface area (TPSA) is 62.4 Å². The molecule has 0 radical (unpaired) electrons. The molecule has 1 aromatic heterocycles. The van der Waals surface area contributed by atoms with E-state index >= 15 is 0 Å². The van der Waals surface area contributed by atoms with E-state index in [0.29, 0.717) is 18.3 Å². The molecule has 94 valence electrons. The SMILES string of the molecule is Cc1cc(N)cnc1N(CCO)C1CCCC1. The lowest BCUT2D eigenvalue weighted by atomic mass is 10.1. The molecule has 0 unspecified atom stereocenters. The molecule has 2 rings (SSSR count). The lowest BCUT2D eigenvalue weighted by Crippen LogP contribution is -2.36. The van der Waals surface area contributed by atoms with Crippen molar-refractivity contribution in [3.8, 4) is 0 Å². The van der Waals surface area contributed by atoms with Crippen LogP contribution in [0.25, 0.3) is 0 Å². The van der Waals surface area contributed by atoms with Gasteiger partial charge in [-0.3, -0.25) is 0 Å². The number of aliphatic hydroxyl groups excluding tert-OH is 1. The number of nitrogen functional groups attached to an aromatic ring is 1. The van der Waals surface area contributed by atoms with E-state index in [1.807, 2.05) is 13.0 Å². The zero-order valence-electron chi connectivity index (χ0n) is 10.4. The average molecular weight is 235 g/mol. The molecule has 1 aliphatic carbocycles. The number of nitrogens with zero attached hydrogens (tertiary/aromatic N) is 2. The third kappa shape index (κ3) is 2.69. The molecule has 0 amide bonds. The summed E-state index contributed by atoms with van der Waals surface area (Å²) in [6.45, 7) is 2.85. The van der Waals surface area contributed by atoms with Gasteiger partial charge in [-0.25, -0.2) is 4.98 Å². The second-order valence-electron chi connectivity index (χ2n) is 4.76. The minimum atomic E-state index is 0.169. The summed E-state index contributed by atoms with van der Waals surface area (Å²) in [5.74, 6) is 0.972. The zero-order valence-corrected chi connectivity index (χ0v) is 10.4. The van der Waals surface area contributed by atoms with Crippen LogP contribution in [0.3, 0.4) is 0 Å². The van der Waals surface area contributed by atoms with Crippen molar-refractivity contribution in [2.45, 2.75) is 38.6 Å². The van der Waals surface area contributed by atoms with Crippen LogP contribution in [-0.4, -0.2) is 29.3 Å². The van der Waals surface area contributed by atoms with Crippen LogP contribution >= 0.6 is 0 Å². The van der Waals surface area contributed by atoms with Gasteiger partial charge in [-0.1, -0.05) is 12.8 Å². The predicted molar refractivity (Wildman–Crippen MR) is 70.1 cm³/mol. The van der Waals surface area contributed by atoms with Gasteiger partial charge in [0, 0.05) is 12.6 Å². The van der Waals surface area contributed by atoms with Gasteiger partial charge >= 0.3 is 0 Å². The largest absolute Gasteiger partial charge is 0.397 e. The molecule has 0 aliphatic heterocycles. The van der Waals surface area contributed by atoms with E-state index < -0.39 is 0 Å². The van der Waals surface area contributed by atoms with E-state index in [4.69, 9.17) is 5.73 Å². The molecule has 0 saturated heterocycles. The molecule has 4 nitrogen and oxygen atoms in total. The first-order valence-corrected chi connectivity index (χ1v) is 6.32. The van der Waals surface area contributed by atoms with Crippen LogP contribution in [0.4, 0.5) is 11.5 Å². The smallest absolute Gasteiger partial charge is 0.131 e. The Kier molecular flexibility index (Phi) is 3.84. The number of aromatic nitrogens is 1. The van der Waals surface area contributed by atoms with Gasteiger partial charge in [0.05, 0.1) is 18.5 Å². The van der Waals surface area contributed by atoms with E-state index in [2.05, 4.69) is 9.88 Å². The molecule has 0 spiro atoms. The molecule has 0 aromatic carbocycles. The fourth-order valence-corrected chi connectivity index (χ4v) is 2.68. The van der Waals surface area contributed by atoms with E-state index in [-0.39, 0.29) is 6.61 Å². The Hall–Kier alpha value is -1.29. The van der Waals surface area contributed by atoms with Crippen LogP contribution in [0.5, 0.6) is 0 Å². The molecule has 1 aromatic rings. The molecule has 17 heavy (non-hydrogen) atoms. The van der Waals surface area contributed by atoms with E-state index in [1.54, 1.807) is 6.20 Å². The molecule has 1 fully saturated rings. The quantitative estimate of drug-likeness (QED) is 0.834. The van der Waals surface area contributed by atoms with Crippen molar-refractivity contribution >= 4 is 11.5 Å². The van der Waals surface area contributed by atoms with Crippen molar-refractivity contribution < 1.29 is 5.11 Å². The average Bonchev–Trinajstić information content (AvgIpc) is 2.80. The normalized spacial score (nSPS) is 16.4. The number of aryl methyl sites for hydroxylation is 1. The zero-order chi connectivity index (χ0) is 12.3. The maximum absolute atomic E-state index is 9.21. The molecule has 1 heterocycles. The predicted octanol–water partition coefficient (Wildman–Crippen LogP) is 1.71. The van der Waals surface area contributed by atoms with Crippen LogP contribution < -0.4 is 10.6 Å². The summed E-state index contributed by atoms with van der Waals surface area (Å²) in [7, 11) is 0. The van der Waals surface area contributed by atoms with Crippen molar-refractivity contribution in [2.75, 3.05) is 23.8 Å². The van der Waals surface area contributed by atoms with Gasteiger partial charge in [0.25, 0.3) is 0 Å². The van der Waals surface area contributed by atoms with Gasteiger partial charge in [-0.2, -0.15) is 0 Å². The summed E-state index contributed by atoms with van der Waals surface area (Å²) < 4.78 is 0. The number of aliphatic hydroxyl groups is 1. The molecule has 0 bridgehead atoms. The minimum Gasteiger partial charge on any atom is -0.397 e. The maximum Gasteiger partial charge on any atom is 0.131 e. The first-order chi connectivity index (χ1) is 8.22. The van der Waals surface area contributed by atoms with Gasteiger partial charge < -0.3 is 15.7 Å². The molecule has 4 heteroatoms. The van der Waals surface area contributed by atoms with Crippen LogP contribution in [0.15, 0.2) is 12.3 Å². The monoisotopic (exact) mass is 235 g/mol. The van der Waals surface area contributed by atoms with Gasteiger partial charge in [-0.15, -0.1) is 0 Å². The Morgan fingerprint density at radius 3 is 2.76 bits per heavy atom. The van der Waals surface area contributed by atoms with Crippen molar-refractivity contribution in [3.05, 3.63) is 17.8 Å². The Balaban J connectivity index is 2.24. The van der Waals surface area contributed by atoms with Crippen LogP contribution in [0, 0.1) is 6.92 Å². The summed E-state index contributed by atoms with van der Waals surface area (Å²) in [5, 5.41) is 9.21. The van der Waals surface area contributed by atoms with Crippen molar-refractivity contribution in [3.63, 3.8) is 0 Å². The van der Waals surface area contributed by atoms with E-state index in [9.17, 15) is 5.11 Å². The number of rotatable bonds is 4. The summed E-state index contributed by atoms with van der Waals surface area (Å²) in [5.41, 5.74) is 7.51. The van der Waals surface area contributed by atoms with Gasteiger partial charge in [0.2, 0.25) is 0 Å². The number of nitrogens with two attached hydrogens (primary N) is 1. The standard InChI is InChI=1S/C13H21N3O/c1-10-8-11(14)9-15-13(10)16(6-7-17)12-4-2-3-5-12/h8-9,12,17H,2-7,14H2,1H3. The van der Waals surface area contributed by atoms with E-state index in [0.717, 1.165) is 11.4 Å². The fraction of sp³-hybridized carbons (Fsp3) is 0.615. The summed E-state index contributed by atoms with van der Waals surface area (Å²) in [6.07, 6.45) is 6.65. The van der Waals surface area contributed by atoms with Crippen molar-refractivity contribution in [1.82, 2.24) is 4.98 Å².